The molecule has 0 spiro atoms. The van der Waals surface area contributed by atoms with Gasteiger partial charge in [0.15, 0.2) is 0 Å². The van der Waals surface area contributed by atoms with Gasteiger partial charge in [0, 0.05) is 6.04 Å². The predicted molar refractivity (Wildman–Crippen MR) is 42.7 cm³/mol. The van der Waals surface area contributed by atoms with Gasteiger partial charge in [0.25, 0.3) is 0 Å². The smallest absolute Gasteiger partial charge is 0.207 e. The Balaban J connectivity index is 3.63. The highest BCUT2D eigenvalue weighted by molar-refractivity contribution is 5.46. The van der Waals surface area contributed by atoms with Crippen molar-refractivity contribution in [3.05, 3.63) is 0 Å². The molecule has 1 atom stereocenters. The maximum absolute atomic E-state index is 10.0. The van der Waals surface area contributed by atoms with Crippen LogP contribution in [-0.2, 0) is 4.79 Å². The van der Waals surface area contributed by atoms with Crippen LogP contribution in [0.4, 0.5) is 0 Å². The summed E-state index contributed by atoms with van der Waals surface area (Å²) in [5.41, 5.74) is 0. The van der Waals surface area contributed by atoms with Crippen LogP contribution in [0.3, 0.4) is 0 Å². The van der Waals surface area contributed by atoms with Crippen LogP contribution in [0.5, 0.6) is 0 Å². The maximum atomic E-state index is 10.0. The topological polar surface area (TPSA) is 29.1 Å². The van der Waals surface area contributed by atoms with Crippen LogP contribution in [0.15, 0.2) is 0 Å². The van der Waals surface area contributed by atoms with E-state index >= 15 is 0 Å². The molecule has 60 valence electrons. The zero-order valence-corrected chi connectivity index (χ0v) is 7.05. The second kappa shape index (κ2) is 5.27. The van der Waals surface area contributed by atoms with Crippen molar-refractivity contribution >= 4 is 6.41 Å². The van der Waals surface area contributed by atoms with Crippen molar-refractivity contribution in [2.24, 2.45) is 5.92 Å². The highest BCUT2D eigenvalue weighted by Gasteiger charge is 2.10. The number of carbonyl (C=O) groups is 1. The van der Waals surface area contributed by atoms with Crippen molar-refractivity contribution in [2.75, 3.05) is 0 Å². The fraction of sp³-hybridized carbons (Fsp3) is 0.875. The summed E-state index contributed by atoms with van der Waals surface area (Å²) in [6.45, 7) is 6.35. The average molecular weight is 143 g/mol. The molecule has 10 heavy (non-hydrogen) atoms. The van der Waals surface area contributed by atoms with Crippen LogP contribution in [0.1, 0.15) is 33.6 Å². The molecular formula is C8H17NO. The SMILES string of the molecule is CCC(CC)C(C)NC=O. The number of hydrogen-bond donors (Lipinski definition) is 1. The summed E-state index contributed by atoms with van der Waals surface area (Å²) in [5.74, 6) is 0.630. The molecule has 0 bridgehead atoms. The van der Waals surface area contributed by atoms with E-state index in [2.05, 4.69) is 19.2 Å². The van der Waals surface area contributed by atoms with Gasteiger partial charge in [-0.25, -0.2) is 0 Å². The number of nitrogens with one attached hydrogen (secondary N) is 1. The normalized spacial score (nSPS) is 13.2. The highest BCUT2D eigenvalue weighted by atomic mass is 16.1. The average Bonchev–Trinajstić information content (AvgIpc) is 1.91. The van der Waals surface area contributed by atoms with Crippen molar-refractivity contribution in [1.82, 2.24) is 5.32 Å². The predicted octanol–water partition coefficient (Wildman–Crippen LogP) is 1.56. The summed E-state index contributed by atoms with van der Waals surface area (Å²) in [5, 5.41) is 2.77. The van der Waals surface area contributed by atoms with Gasteiger partial charge in [0.1, 0.15) is 0 Å². The molecule has 0 saturated carbocycles. The third-order valence-electron chi connectivity index (χ3n) is 2.09. The molecule has 0 fully saturated rings. The lowest BCUT2D eigenvalue weighted by Gasteiger charge is -2.19. The Kier molecular flexibility index (Phi) is 4.99. The molecule has 1 unspecified atom stereocenters. The molecule has 0 aromatic heterocycles. The fourth-order valence-electron chi connectivity index (χ4n) is 1.24. The summed E-state index contributed by atoms with van der Waals surface area (Å²) >= 11 is 0. The second-order valence-electron chi connectivity index (χ2n) is 2.65. The Labute approximate surface area is 63.0 Å². The third kappa shape index (κ3) is 2.85. The molecule has 1 amide bonds. The molecule has 0 heterocycles. The van der Waals surface area contributed by atoms with E-state index in [1.54, 1.807) is 0 Å². The highest BCUT2D eigenvalue weighted by Crippen LogP contribution is 2.11. The van der Waals surface area contributed by atoms with E-state index in [1.165, 1.54) is 0 Å². The first kappa shape index (κ1) is 9.47. The molecule has 2 nitrogen and oxygen atoms in total. The summed E-state index contributed by atoms with van der Waals surface area (Å²) in [6.07, 6.45) is 3.06. The molecule has 0 aromatic carbocycles. The molecule has 0 aliphatic carbocycles. The second-order valence-corrected chi connectivity index (χ2v) is 2.65. The van der Waals surface area contributed by atoms with Gasteiger partial charge in [-0.15, -0.1) is 0 Å². The number of amides is 1. The van der Waals surface area contributed by atoms with Gasteiger partial charge < -0.3 is 5.32 Å². The van der Waals surface area contributed by atoms with Crippen molar-refractivity contribution in [3.8, 4) is 0 Å². The molecular weight excluding hydrogens is 126 g/mol. The third-order valence-corrected chi connectivity index (χ3v) is 2.09. The van der Waals surface area contributed by atoms with E-state index in [0.29, 0.717) is 12.0 Å². The quantitative estimate of drug-likeness (QED) is 0.581. The van der Waals surface area contributed by atoms with Crippen LogP contribution in [0.2, 0.25) is 0 Å². The Morgan fingerprint density at radius 1 is 1.40 bits per heavy atom. The lowest BCUT2D eigenvalue weighted by Crippen LogP contribution is -2.31. The summed E-state index contributed by atoms with van der Waals surface area (Å²) in [4.78, 5) is 10.0. The van der Waals surface area contributed by atoms with Gasteiger partial charge in [-0.3, -0.25) is 4.79 Å². The summed E-state index contributed by atoms with van der Waals surface area (Å²) < 4.78 is 0. The minimum absolute atomic E-state index is 0.326. The Bertz CT molecular complexity index is 89.3. The Morgan fingerprint density at radius 2 is 1.90 bits per heavy atom. The van der Waals surface area contributed by atoms with Gasteiger partial charge in [-0.05, 0) is 12.8 Å². The van der Waals surface area contributed by atoms with Gasteiger partial charge in [-0.2, -0.15) is 0 Å². The van der Waals surface area contributed by atoms with Crippen LogP contribution >= 0.6 is 0 Å². The number of carbonyl (C=O) groups excluding carboxylic acids is 1. The molecule has 1 N–H and O–H groups in total. The van der Waals surface area contributed by atoms with E-state index < -0.39 is 0 Å². The van der Waals surface area contributed by atoms with E-state index in [4.69, 9.17) is 0 Å². The Hall–Kier alpha value is -0.530. The van der Waals surface area contributed by atoms with E-state index in [1.807, 2.05) is 6.92 Å². The fourth-order valence-corrected chi connectivity index (χ4v) is 1.24. The minimum Gasteiger partial charge on any atom is -0.356 e. The largest absolute Gasteiger partial charge is 0.356 e. The molecule has 0 aromatic rings. The van der Waals surface area contributed by atoms with Crippen LogP contribution in [-0.4, -0.2) is 12.5 Å². The standard InChI is InChI=1S/C8H17NO/c1-4-8(5-2)7(3)9-6-10/h6-8H,4-5H2,1-3H3,(H,9,10). The first-order chi connectivity index (χ1) is 4.76. The van der Waals surface area contributed by atoms with Crippen LogP contribution in [0.25, 0.3) is 0 Å². The van der Waals surface area contributed by atoms with Gasteiger partial charge in [-0.1, -0.05) is 26.7 Å². The van der Waals surface area contributed by atoms with Crippen molar-refractivity contribution < 1.29 is 4.79 Å². The number of rotatable bonds is 5. The van der Waals surface area contributed by atoms with Gasteiger partial charge in [0.2, 0.25) is 6.41 Å². The minimum atomic E-state index is 0.326. The number of hydrogen-bond acceptors (Lipinski definition) is 1. The Morgan fingerprint density at radius 3 is 2.20 bits per heavy atom. The van der Waals surface area contributed by atoms with E-state index in [0.717, 1.165) is 19.3 Å². The van der Waals surface area contributed by atoms with Crippen LogP contribution in [0, 0.1) is 5.92 Å². The summed E-state index contributed by atoms with van der Waals surface area (Å²) in [6, 6.07) is 0.326. The zero-order chi connectivity index (χ0) is 7.98. The van der Waals surface area contributed by atoms with Crippen LogP contribution < -0.4 is 5.32 Å². The van der Waals surface area contributed by atoms with Gasteiger partial charge >= 0.3 is 0 Å². The lowest BCUT2D eigenvalue weighted by atomic mass is 9.96. The first-order valence-corrected chi connectivity index (χ1v) is 3.95. The van der Waals surface area contributed by atoms with Crippen molar-refractivity contribution in [3.63, 3.8) is 0 Å². The molecule has 0 aliphatic rings. The van der Waals surface area contributed by atoms with Crippen molar-refractivity contribution in [1.29, 1.82) is 0 Å². The van der Waals surface area contributed by atoms with E-state index in [9.17, 15) is 4.79 Å². The van der Waals surface area contributed by atoms with E-state index in [-0.39, 0.29) is 0 Å². The molecule has 0 rings (SSSR count). The lowest BCUT2D eigenvalue weighted by molar-refractivity contribution is -0.110. The molecule has 2 heteroatoms. The zero-order valence-electron chi connectivity index (χ0n) is 7.05. The monoisotopic (exact) mass is 143 g/mol. The molecule has 0 aliphatic heterocycles. The van der Waals surface area contributed by atoms with Gasteiger partial charge in [0.05, 0.1) is 0 Å². The molecule has 0 radical (unpaired) electrons. The van der Waals surface area contributed by atoms with Crippen molar-refractivity contribution in [2.45, 2.75) is 39.7 Å². The first-order valence-electron chi connectivity index (χ1n) is 3.95. The summed E-state index contributed by atoms with van der Waals surface area (Å²) in [7, 11) is 0. The maximum Gasteiger partial charge on any atom is 0.207 e. The molecule has 0 saturated heterocycles.